The second kappa shape index (κ2) is 83.9. The molecule has 0 aromatic heterocycles. The van der Waals surface area contributed by atoms with Gasteiger partial charge in [0.2, 0.25) is 0 Å². The molecule has 0 bridgehead atoms. The Balaban J connectivity index is 3.74. The van der Waals surface area contributed by atoms with Crippen LogP contribution in [0.25, 0.3) is 0 Å². The van der Waals surface area contributed by atoms with E-state index < -0.39 is 26.5 Å². The standard InChI is InChI=1S/C89H162NO8P/c1-3-5-7-9-11-13-15-17-19-21-23-25-27-29-31-33-35-37-39-41-42-43-44-46-47-49-51-53-55-57-59-61-63-65-67-69-71-73-75-77-79-81-88(91)95-85-87(86-97-99(93,94)96-84-83-90)98-89(92)82-80-78-76-74-72-70-68-66-64-62-60-58-56-54-52-50-48-45-40-38-36-34-32-30-28-26-24-22-20-18-16-14-12-10-8-6-4-2/h6,8,12,14-15,17-18,20-21,23-24,26,30,32,36,38,87H,3-5,7,9-11,13,16,19,22,25,27-29,31,33-35,37,39-86,90H2,1-2H3,(H,93,94)/b8-6-,14-12-,17-15-,20-18-,23-21-,26-24-,32-30-,38-36-. The molecule has 2 atom stereocenters. The van der Waals surface area contributed by atoms with Crippen LogP contribution in [0.5, 0.6) is 0 Å². The SMILES string of the molecule is CC/C=C\C/C=C\C/C=C\C/C=C\C/C=C\C/C=C\CCCCCCCCCCCCCCCCCCCCC(=O)OC(COC(=O)CCCCCCCCCCCCCCCCCCCCCCCCCCCCCCC/C=C\C/C=C\CCCCCCC)COP(=O)(O)OCCN. The van der Waals surface area contributed by atoms with Crippen molar-refractivity contribution in [3.8, 4) is 0 Å². The lowest BCUT2D eigenvalue weighted by Crippen LogP contribution is -2.29. The molecule has 9 nitrogen and oxygen atoms in total. The molecule has 0 aromatic rings. The van der Waals surface area contributed by atoms with E-state index in [-0.39, 0.29) is 38.6 Å². The molecule has 2 unspecified atom stereocenters. The van der Waals surface area contributed by atoms with Gasteiger partial charge >= 0.3 is 19.8 Å². The number of rotatable bonds is 81. The maximum Gasteiger partial charge on any atom is 0.472 e. The third-order valence-electron chi connectivity index (χ3n) is 19.0. The molecule has 99 heavy (non-hydrogen) atoms. The molecule has 10 heteroatoms. The number of carbonyl (C=O) groups excluding carboxylic acids is 2. The summed E-state index contributed by atoms with van der Waals surface area (Å²) >= 11 is 0. The Hall–Kier alpha value is -3.07. The fourth-order valence-electron chi connectivity index (χ4n) is 12.7. The summed E-state index contributed by atoms with van der Waals surface area (Å²) in [5.74, 6) is -0.807. The number of unbranched alkanes of at least 4 members (excludes halogenated alkanes) is 52. The molecule has 0 rings (SSSR count). The number of phosphoric ester groups is 1. The van der Waals surface area contributed by atoms with Crippen molar-refractivity contribution in [3.63, 3.8) is 0 Å². The molecule has 576 valence electrons. The predicted octanol–water partition coefficient (Wildman–Crippen LogP) is 29.0. The van der Waals surface area contributed by atoms with Gasteiger partial charge in [-0.2, -0.15) is 0 Å². The number of hydrogen-bond acceptors (Lipinski definition) is 8. The average molecular weight is 1410 g/mol. The first-order valence-electron chi connectivity index (χ1n) is 42.7. The molecule has 0 heterocycles. The molecule has 0 saturated carbocycles. The lowest BCUT2D eigenvalue weighted by Gasteiger charge is -2.19. The van der Waals surface area contributed by atoms with Gasteiger partial charge in [0.05, 0.1) is 13.2 Å². The van der Waals surface area contributed by atoms with E-state index in [1.165, 1.54) is 308 Å². The van der Waals surface area contributed by atoms with Crippen molar-refractivity contribution in [3.05, 3.63) is 97.2 Å². The molecular weight excluding hydrogens is 1240 g/mol. The largest absolute Gasteiger partial charge is 0.472 e. The van der Waals surface area contributed by atoms with Crippen LogP contribution in [0.3, 0.4) is 0 Å². The number of phosphoric acid groups is 1. The fourth-order valence-corrected chi connectivity index (χ4v) is 13.4. The summed E-state index contributed by atoms with van der Waals surface area (Å²) in [6, 6.07) is 0. The van der Waals surface area contributed by atoms with Crippen LogP contribution in [0.15, 0.2) is 97.2 Å². The lowest BCUT2D eigenvalue weighted by molar-refractivity contribution is -0.161. The Kier molecular flexibility index (Phi) is 81.3. The van der Waals surface area contributed by atoms with E-state index in [0.29, 0.717) is 6.42 Å². The Morgan fingerprint density at radius 1 is 0.313 bits per heavy atom. The topological polar surface area (TPSA) is 134 Å². The van der Waals surface area contributed by atoms with Crippen molar-refractivity contribution < 1.29 is 37.6 Å². The monoisotopic (exact) mass is 1400 g/mol. The Morgan fingerprint density at radius 2 is 0.556 bits per heavy atom. The summed E-state index contributed by atoms with van der Waals surface area (Å²) in [7, 11) is -4.40. The number of carbonyl (C=O) groups is 2. The van der Waals surface area contributed by atoms with Gasteiger partial charge in [-0.25, -0.2) is 4.57 Å². The van der Waals surface area contributed by atoms with E-state index in [4.69, 9.17) is 24.3 Å². The van der Waals surface area contributed by atoms with E-state index in [0.717, 1.165) is 83.5 Å². The van der Waals surface area contributed by atoms with Gasteiger partial charge in [0.15, 0.2) is 6.10 Å². The van der Waals surface area contributed by atoms with Crippen LogP contribution in [-0.2, 0) is 32.7 Å². The fraction of sp³-hybridized carbons (Fsp3) is 0.798. The summed E-state index contributed by atoms with van der Waals surface area (Å²) in [6.07, 6.45) is 116. The maximum absolute atomic E-state index is 12.8. The number of hydrogen-bond donors (Lipinski definition) is 2. The van der Waals surface area contributed by atoms with Crippen molar-refractivity contribution >= 4 is 19.8 Å². The Morgan fingerprint density at radius 3 is 0.828 bits per heavy atom. The zero-order valence-electron chi connectivity index (χ0n) is 65.2. The van der Waals surface area contributed by atoms with Gasteiger partial charge in [0.1, 0.15) is 6.61 Å². The molecular formula is C89H162NO8P. The highest BCUT2D eigenvalue weighted by Gasteiger charge is 2.26. The normalized spacial score (nSPS) is 13.3. The maximum atomic E-state index is 12.8. The molecule has 0 aliphatic heterocycles. The third kappa shape index (κ3) is 83.8. The van der Waals surface area contributed by atoms with Crippen LogP contribution in [0.2, 0.25) is 0 Å². The minimum Gasteiger partial charge on any atom is -0.462 e. The highest BCUT2D eigenvalue weighted by Crippen LogP contribution is 2.43. The van der Waals surface area contributed by atoms with Crippen molar-refractivity contribution in [2.45, 2.75) is 431 Å². The van der Waals surface area contributed by atoms with E-state index in [9.17, 15) is 19.0 Å². The quantitative estimate of drug-likeness (QED) is 0.0264. The Bertz CT molecular complexity index is 1950. The van der Waals surface area contributed by atoms with Crippen LogP contribution in [0.4, 0.5) is 0 Å². The van der Waals surface area contributed by atoms with E-state index in [1.807, 2.05) is 0 Å². The summed E-state index contributed by atoms with van der Waals surface area (Å²) in [5.41, 5.74) is 5.42. The molecule has 0 spiro atoms. The highest BCUT2D eigenvalue weighted by atomic mass is 31.2. The summed E-state index contributed by atoms with van der Waals surface area (Å²) in [5, 5.41) is 0. The second-order valence-corrected chi connectivity index (χ2v) is 30.1. The molecule has 0 saturated heterocycles. The number of allylic oxidation sites excluding steroid dienone is 16. The lowest BCUT2D eigenvalue weighted by atomic mass is 10.0. The van der Waals surface area contributed by atoms with E-state index in [1.54, 1.807) is 0 Å². The molecule has 0 fully saturated rings. The minimum atomic E-state index is -4.40. The van der Waals surface area contributed by atoms with Crippen LogP contribution >= 0.6 is 7.82 Å². The first kappa shape index (κ1) is 95.9. The number of ether oxygens (including phenoxy) is 2. The van der Waals surface area contributed by atoms with Gasteiger partial charge in [-0.1, -0.05) is 413 Å². The molecule has 0 aliphatic rings. The molecule has 0 aromatic carbocycles. The van der Waals surface area contributed by atoms with Gasteiger partial charge in [-0.05, 0) is 96.3 Å². The first-order valence-corrected chi connectivity index (χ1v) is 44.2. The minimum absolute atomic E-state index is 0.0536. The van der Waals surface area contributed by atoms with Gasteiger partial charge in [0, 0.05) is 19.4 Å². The van der Waals surface area contributed by atoms with Crippen molar-refractivity contribution in [1.82, 2.24) is 0 Å². The Labute approximate surface area is 614 Å². The van der Waals surface area contributed by atoms with Crippen LogP contribution in [-0.4, -0.2) is 49.3 Å². The summed E-state index contributed by atoms with van der Waals surface area (Å²) in [4.78, 5) is 35.5. The smallest absolute Gasteiger partial charge is 0.462 e. The third-order valence-corrected chi connectivity index (χ3v) is 19.9. The van der Waals surface area contributed by atoms with Gasteiger partial charge < -0.3 is 20.1 Å². The number of esters is 2. The first-order chi connectivity index (χ1) is 48.8. The van der Waals surface area contributed by atoms with Crippen LogP contribution < -0.4 is 5.73 Å². The molecule has 0 aliphatic carbocycles. The number of nitrogens with two attached hydrogens (primary N) is 1. The van der Waals surface area contributed by atoms with Gasteiger partial charge in [-0.15, -0.1) is 0 Å². The zero-order chi connectivity index (χ0) is 71.5. The van der Waals surface area contributed by atoms with Gasteiger partial charge in [-0.3, -0.25) is 18.6 Å². The van der Waals surface area contributed by atoms with E-state index >= 15 is 0 Å². The summed E-state index contributed by atoms with van der Waals surface area (Å²) < 4.78 is 33.3. The highest BCUT2D eigenvalue weighted by molar-refractivity contribution is 7.47. The summed E-state index contributed by atoms with van der Waals surface area (Å²) in [6.45, 7) is 3.68. The van der Waals surface area contributed by atoms with Gasteiger partial charge in [0.25, 0.3) is 0 Å². The van der Waals surface area contributed by atoms with Crippen molar-refractivity contribution in [2.24, 2.45) is 5.73 Å². The predicted molar refractivity (Wildman–Crippen MR) is 432 cm³/mol. The zero-order valence-corrected chi connectivity index (χ0v) is 66.1. The van der Waals surface area contributed by atoms with E-state index in [2.05, 4.69) is 111 Å². The molecule has 0 radical (unpaired) electrons. The van der Waals surface area contributed by atoms with Crippen molar-refractivity contribution in [1.29, 1.82) is 0 Å². The van der Waals surface area contributed by atoms with Crippen molar-refractivity contribution in [2.75, 3.05) is 26.4 Å². The molecule has 3 N–H and O–H groups in total. The second-order valence-electron chi connectivity index (χ2n) is 28.7. The van der Waals surface area contributed by atoms with Crippen LogP contribution in [0, 0.1) is 0 Å². The average Bonchev–Trinajstić information content (AvgIpc) is 1.64. The molecule has 0 amide bonds. The van der Waals surface area contributed by atoms with Crippen LogP contribution in [0.1, 0.15) is 425 Å².